The average molecular weight is 285 g/mol. The van der Waals surface area contributed by atoms with Gasteiger partial charge in [0.25, 0.3) is 0 Å². The molecule has 0 spiro atoms. The summed E-state index contributed by atoms with van der Waals surface area (Å²) in [7, 11) is -1.59. The standard InChI is InChI=1S/C13H23N3O2S/c1-3-8-14-9-6-11-19(17,18)16(2)12-13-7-4-5-10-15-13/h4-5,7,10,14H,3,6,8-9,11-12H2,1-2H3. The van der Waals surface area contributed by atoms with Gasteiger partial charge in [0, 0.05) is 13.2 Å². The van der Waals surface area contributed by atoms with E-state index in [-0.39, 0.29) is 5.75 Å². The number of hydrogen-bond donors (Lipinski definition) is 1. The van der Waals surface area contributed by atoms with E-state index in [1.165, 1.54) is 4.31 Å². The number of aromatic nitrogens is 1. The van der Waals surface area contributed by atoms with Crippen LogP contribution < -0.4 is 5.32 Å². The molecule has 19 heavy (non-hydrogen) atoms. The van der Waals surface area contributed by atoms with Crippen molar-refractivity contribution < 1.29 is 8.42 Å². The quantitative estimate of drug-likeness (QED) is 0.693. The molecule has 1 aromatic rings. The van der Waals surface area contributed by atoms with E-state index in [0.717, 1.165) is 25.2 Å². The van der Waals surface area contributed by atoms with E-state index < -0.39 is 10.0 Å². The van der Waals surface area contributed by atoms with Gasteiger partial charge in [0.15, 0.2) is 0 Å². The number of nitrogens with one attached hydrogen (secondary N) is 1. The summed E-state index contributed by atoms with van der Waals surface area (Å²) in [4.78, 5) is 4.13. The Labute approximate surface area is 116 Å². The van der Waals surface area contributed by atoms with Gasteiger partial charge >= 0.3 is 0 Å². The molecule has 0 saturated heterocycles. The van der Waals surface area contributed by atoms with Gasteiger partial charge in [0.2, 0.25) is 10.0 Å². The Balaban J connectivity index is 2.39. The monoisotopic (exact) mass is 285 g/mol. The van der Waals surface area contributed by atoms with Gasteiger partial charge in [-0.25, -0.2) is 8.42 Å². The highest BCUT2D eigenvalue weighted by molar-refractivity contribution is 7.89. The van der Waals surface area contributed by atoms with E-state index in [1.807, 2.05) is 18.2 Å². The predicted molar refractivity (Wildman–Crippen MR) is 77.3 cm³/mol. The third kappa shape index (κ3) is 6.13. The minimum absolute atomic E-state index is 0.174. The van der Waals surface area contributed by atoms with Gasteiger partial charge in [-0.15, -0.1) is 0 Å². The summed E-state index contributed by atoms with van der Waals surface area (Å²) < 4.78 is 25.4. The van der Waals surface area contributed by atoms with Crippen LogP contribution in [0.25, 0.3) is 0 Å². The van der Waals surface area contributed by atoms with Gasteiger partial charge in [-0.2, -0.15) is 4.31 Å². The summed E-state index contributed by atoms with van der Waals surface area (Å²) in [6, 6.07) is 5.50. The Morgan fingerprint density at radius 3 is 2.74 bits per heavy atom. The van der Waals surface area contributed by atoms with Crippen LogP contribution in [0.1, 0.15) is 25.5 Å². The van der Waals surface area contributed by atoms with Crippen molar-refractivity contribution in [3.8, 4) is 0 Å². The smallest absolute Gasteiger partial charge is 0.214 e. The van der Waals surface area contributed by atoms with Crippen molar-refractivity contribution in [2.45, 2.75) is 26.3 Å². The van der Waals surface area contributed by atoms with Crippen LogP contribution in [0.4, 0.5) is 0 Å². The van der Waals surface area contributed by atoms with Crippen LogP contribution in [0.3, 0.4) is 0 Å². The molecule has 1 aromatic heterocycles. The van der Waals surface area contributed by atoms with E-state index in [4.69, 9.17) is 0 Å². The van der Waals surface area contributed by atoms with E-state index >= 15 is 0 Å². The first-order valence-corrected chi connectivity index (χ1v) is 8.22. The van der Waals surface area contributed by atoms with Gasteiger partial charge in [-0.05, 0) is 38.1 Å². The molecule has 0 amide bonds. The molecular formula is C13H23N3O2S. The van der Waals surface area contributed by atoms with Gasteiger partial charge < -0.3 is 5.32 Å². The Hall–Kier alpha value is -0.980. The third-order valence-electron chi connectivity index (χ3n) is 2.77. The molecule has 0 fully saturated rings. The fourth-order valence-corrected chi connectivity index (χ4v) is 2.81. The molecule has 0 saturated carbocycles. The summed E-state index contributed by atoms with van der Waals surface area (Å²) in [6.45, 7) is 4.09. The lowest BCUT2D eigenvalue weighted by molar-refractivity contribution is 0.460. The van der Waals surface area contributed by atoms with Gasteiger partial charge in [-0.3, -0.25) is 4.98 Å². The van der Waals surface area contributed by atoms with E-state index in [9.17, 15) is 8.42 Å². The van der Waals surface area contributed by atoms with Crippen molar-refractivity contribution in [1.82, 2.24) is 14.6 Å². The lowest BCUT2D eigenvalue weighted by atomic mass is 10.3. The van der Waals surface area contributed by atoms with Crippen molar-refractivity contribution in [3.05, 3.63) is 30.1 Å². The van der Waals surface area contributed by atoms with Crippen LogP contribution in [0, 0.1) is 0 Å². The average Bonchev–Trinajstić information content (AvgIpc) is 2.39. The number of sulfonamides is 1. The van der Waals surface area contributed by atoms with Crippen molar-refractivity contribution in [1.29, 1.82) is 0 Å². The Morgan fingerprint density at radius 1 is 1.32 bits per heavy atom. The molecule has 0 aromatic carbocycles. The zero-order valence-electron chi connectivity index (χ0n) is 11.7. The zero-order valence-corrected chi connectivity index (χ0v) is 12.5. The molecule has 0 aliphatic rings. The molecule has 1 N–H and O–H groups in total. The van der Waals surface area contributed by atoms with E-state index in [2.05, 4.69) is 17.2 Å². The van der Waals surface area contributed by atoms with Crippen LogP contribution in [0.5, 0.6) is 0 Å². The molecule has 0 unspecified atom stereocenters. The Bertz CT molecular complexity index is 448. The van der Waals surface area contributed by atoms with Crippen LogP contribution in [0.15, 0.2) is 24.4 Å². The fraction of sp³-hybridized carbons (Fsp3) is 0.615. The summed E-state index contributed by atoms with van der Waals surface area (Å²) in [5.41, 5.74) is 0.762. The highest BCUT2D eigenvalue weighted by Gasteiger charge is 2.17. The highest BCUT2D eigenvalue weighted by Crippen LogP contribution is 2.06. The second-order valence-corrected chi connectivity index (χ2v) is 6.69. The number of pyridine rings is 1. The largest absolute Gasteiger partial charge is 0.317 e. The van der Waals surface area contributed by atoms with Crippen LogP contribution in [-0.4, -0.2) is 43.6 Å². The number of nitrogens with zero attached hydrogens (tertiary/aromatic N) is 2. The fourth-order valence-electron chi connectivity index (χ4n) is 1.66. The maximum Gasteiger partial charge on any atom is 0.214 e. The summed E-state index contributed by atoms with van der Waals surface area (Å²) in [5.74, 6) is 0.174. The summed E-state index contributed by atoms with van der Waals surface area (Å²) in [5, 5.41) is 3.20. The maximum atomic E-state index is 12.0. The minimum Gasteiger partial charge on any atom is -0.317 e. The Kier molecular flexibility index (Phi) is 6.97. The summed E-state index contributed by atoms with van der Waals surface area (Å²) in [6.07, 6.45) is 3.37. The second kappa shape index (κ2) is 8.24. The molecule has 108 valence electrons. The number of hydrogen-bond acceptors (Lipinski definition) is 4. The van der Waals surface area contributed by atoms with Crippen LogP contribution >= 0.6 is 0 Å². The van der Waals surface area contributed by atoms with E-state index in [0.29, 0.717) is 13.0 Å². The van der Waals surface area contributed by atoms with Gasteiger partial charge in [0.1, 0.15) is 0 Å². The topological polar surface area (TPSA) is 62.3 Å². The molecule has 0 radical (unpaired) electrons. The highest BCUT2D eigenvalue weighted by atomic mass is 32.2. The SMILES string of the molecule is CCCNCCCS(=O)(=O)N(C)Cc1ccccn1. The first-order chi connectivity index (χ1) is 9.06. The maximum absolute atomic E-state index is 12.0. The van der Waals surface area contributed by atoms with Crippen molar-refractivity contribution >= 4 is 10.0 Å². The molecule has 5 nitrogen and oxygen atoms in total. The molecule has 6 heteroatoms. The van der Waals surface area contributed by atoms with Crippen molar-refractivity contribution in [3.63, 3.8) is 0 Å². The molecule has 1 heterocycles. The van der Waals surface area contributed by atoms with Crippen LogP contribution in [0.2, 0.25) is 0 Å². The van der Waals surface area contributed by atoms with Gasteiger partial charge in [-0.1, -0.05) is 13.0 Å². The summed E-state index contributed by atoms with van der Waals surface area (Å²) >= 11 is 0. The Morgan fingerprint density at radius 2 is 2.11 bits per heavy atom. The van der Waals surface area contributed by atoms with Gasteiger partial charge in [0.05, 0.1) is 18.0 Å². The van der Waals surface area contributed by atoms with Crippen LogP contribution in [-0.2, 0) is 16.6 Å². The molecule has 0 aliphatic carbocycles. The van der Waals surface area contributed by atoms with Crippen molar-refractivity contribution in [2.75, 3.05) is 25.9 Å². The number of rotatable bonds is 9. The molecule has 1 rings (SSSR count). The minimum atomic E-state index is -3.19. The predicted octanol–water partition coefficient (Wildman–Crippen LogP) is 1.23. The molecule has 0 bridgehead atoms. The lowest BCUT2D eigenvalue weighted by Gasteiger charge is -2.16. The first-order valence-electron chi connectivity index (χ1n) is 6.61. The molecule has 0 atom stereocenters. The zero-order chi connectivity index (χ0) is 14.1. The van der Waals surface area contributed by atoms with Crippen molar-refractivity contribution in [2.24, 2.45) is 0 Å². The van der Waals surface area contributed by atoms with E-state index in [1.54, 1.807) is 13.2 Å². The second-order valence-electron chi connectivity index (χ2n) is 4.50. The normalized spacial score (nSPS) is 11.9. The lowest BCUT2D eigenvalue weighted by Crippen LogP contribution is -2.30. The first kappa shape index (κ1) is 16.1. The third-order valence-corrected chi connectivity index (χ3v) is 4.65. The molecule has 0 aliphatic heterocycles. The molecular weight excluding hydrogens is 262 g/mol.